The van der Waals surface area contributed by atoms with Crippen molar-refractivity contribution in [1.82, 2.24) is 0 Å². The summed E-state index contributed by atoms with van der Waals surface area (Å²) in [5.74, 6) is 1.27. The Hall–Kier alpha value is -1.70. The molecule has 0 atom stereocenters. The van der Waals surface area contributed by atoms with Gasteiger partial charge in [-0.1, -0.05) is 30.3 Å². The molecule has 2 nitrogen and oxygen atoms in total. The first-order chi connectivity index (χ1) is 5.86. The molecule has 12 heavy (non-hydrogen) atoms. The van der Waals surface area contributed by atoms with Gasteiger partial charge in [0.25, 0.3) is 0 Å². The first-order valence-electron chi connectivity index (χ1n) is 3.77. The topological polar surface area (TPSA) is 39.2 Å². The molecule has 60 valence electrons. The molecule has 1 heterocycles. The van der Waals surface area contributed by atoms with Crippen LogP contribution >= 0.6 is 0 Å². The Morgan fingerprint density at radius 1 is 0.917 bits per heavy atom. The van der Waals surface area contributed by atoms with Crippen LogP contribution in [0, 0.1) is 0 Å². The summed E-state index contributed by atoms with van der Waals surface area (Å²) in [7, 11) is 0. The average Bonchev–Trinajstić information content (AvgIpc) is 2.54. The van der Waals surface area contributed by atoms with Crippen molar-refractivity contribution in [2.24, 2.45) is 0 Å². The maximum atomic E-state index is 5.45. The predicted octanol–water partition coefficient (Wildman–Crippen LogP) is 2.53. The first kappa shape index (κ1) is 6.98. The second kappa shape index (κ2) is 2.74. The van der Waals surface area contributed by atoms with Crippen LogP contribution in [-0.2, 0) is 0 Å². The predicted molar refractivity (Wildman–Crippen MR) is 48.6 cm³/mol. The van der Waals surface area contributed by atoms with Crippen molar-refractivity contribution in [1.29, 1.82) is 0 Å². The quantitative estimate of drug-likeness (QED) is 0.694. The normalized spacial score (nSPS) is 10.0. The summed E-state index contributed by atoms with van der Waals surface area (Å²) in [6.07, 6.45) is 0. The highest BCUT2D eigenvalue weighted by molar-refractivity contribution is 5.58. The van der Waals surface area contributed by atoms with Gasteiger partial charge < -0.3 is 10.2 Å². The zero-order valence-electron chi connectivity index (χ0n) is 6.53. The Kier molecular flexibility index (Phi) is 1.59. The molecule has 2 N–H and O–H groups in total. The number of furan rings is 1. The summed E-state index contributed by atoms with van der Waals surface area (Å²) in [5, 5.41) is 0. The van der Waals surface area contributed by atoms with E-state index < -0.39 is 0 Å². The molecule has 0 amide bonds. The molecule has 0 aliphatic heterocycles. The van der Waals surface area contributed by atoms with Crippen molar-refractivity contribution in [2.45, 2.75) is 0 Å². The van der Waals surface area contributed by atoms with Gasteiger partial charge in [0.15, 0.2) is 5.88 Å². The molecule has 0 unspecified atom stereocenters. The maximum absolute atomic E-state index is 5.45. The van der Waals surface area contributed by atoms with Crippen molar-refractivity contribution in [3.05, 3.63) is 42.5 Å². The van der Waals surface area contributed by atoms with Crippen LogP contribution in [0.3, 0.4) is 0 Å². The van der Waals surface area contributed by atoms with Gasteiger partial charge in [-0.25, -0.2) is 0 Å². The van der Waals surface area contributed by atoms with E-state index in [0.717, 1.165) is 11.3 Å². The average molecular weight is 159 g/mol. The number of rotatable bonds is 1. The first-order valence-corrected chi connectivity index (χ1v) is 3.77. The Morgan fingerprint density at radius 3 is 2.25 bits per heavy atom. The molecule has 2 rings (SSSR count). The molecule has 1 aromatic carbocycles. The number of nitrogens with two attached hydrogens (primary N) is 1. The lowest BCUT2D eigenvalue weighted by Crippen LogP contribution is -1.76. The van der Waals surface area contributed by atoms with Gasteiger partial charge in [-0.3, -0.25) is 0 Å². The zero-order chi connectivity index (χ0) is 8.39. The molecule has 0 radical (unpaired) electrons. The largest absolute Gasteiger partial charge is 0.441 e. The van der Waals surface area contributed by atoms with Crippen LogP contribution in [0.15, 0.2) is 46.9 Å². The third-order valence-corrected chi connectivity index (χ3v) is 1.69. The van der Waals surface area contributed by atoms with Gasteiger partial charge in [-0.2, -0.15) is 0 Å². The van der Waals surface area contributed by atoms with Gasteiger partial charge >= 0.3 is 0 Å². The van der Waals surface area contributed by atoms with Crippen LogP contribution in [0.4, 0.5) is 5.88 Å². The van der Waals surface area contributed by atoms with Gasteiger partial charge in [0.2, 0.25) is 0 Å². The summed E-state index contributed by atoms with van der Waals surface area (Å²) < 4.78 is 5.25. The Morgan fingerprint density at radius 2 is 1.67 bits per heavy atom. The van der Waals surface area contributed by atoms with Crippen LogP contribution < -0.4 is 5.73 Å². The highest BCUT2D eigenvalue weighted by atomic mass is 16.3. The molecule has 0 spiro atoms. The summed E-state index contributed by atoms with van der Waals surface area (Å²) in [5.41, 5.74) is 6.50. The second-order valence-corrected chi connectivity index (χ2v) is 2.57. The van der Waals surface area contributed by atoms with Crippen molar-refractivity contribution >= 4 is 5.88 Å². The smallest absolute Gasteiger partial charge is 0.190 e. The van der Waals surface area contributed by atoms with E-state index in [1.807, 2.05) is 36.4 Å². The molecular weight excluding hydrogens is 150 g/mol. The molecule has 0 bridgehead atoms. The zero-order valence-corrected chi connectivity index (χ0v) is 6.53. The van der Waals surface area contributed by atoms with E-state index in [0.29, 0.717) is 5.88 Å². The molecule has 0 saturated heterocycles. The standard InChI is InChI=1S/C10H9NO/c11-10-7-6-9(12-10)8-4-2-1-3-5-8/h1-7H,11H2. The van der Waals surface area contributed by atoms with Crippen molar-refractivity contribution in [2.75, 3.05) is 5.73 Å². The van der Waals surface area contributed by atoms with E-state index in [9.17, 15) is 0 Å². The van der Waals surface area contributed by atoms with E-state index in [-0.39, 0.29) is 0 Å². The minimum atomic E-state index is 0.453. The molecule has 0 saturated carbocycles. The van der Waals surface area contributed by atoms with Gasteiger partial charge in [0, 0.05) is 11.6 Å². The van der Waals surface area contributed by atoms with Gasteiger partial charge in [0.1, 0.15) is 5.76 Å². The monoisotopic (exact) mass is 159 g/mol. The fraction of sp³-hybridized carbons (Fsp3) is 0. The number of hydrogen-bond acceptors (Lipinski definition) is 2. The fourth-order valence-corrected chi connectivity index (χ4v) is 1.11. The summed E-state index contributed by atoms with van der Waals surface area (Å²) in [6.45, 7) is 0. The van der Waals surface area contributed by atoms with Gasteiger partial charge in [-0.05, 0) is 6.07 Å². The van der Waals surface area contributed by atoms with Crippen molar-refractivity contribution < 1.29 is 4.42 Å². The molecular formula is C10H9NO. The molecule has 0 fully saturated rings. The highest BCUT2D eigenvalue weighted by Crippen LogP contribution is 2.22. The van der Waals surface area contributed by atoms with Crippen LogP contribution in [0.5, 0.6) is 0 Å². The number of benzene rings is 1. The number of anilines is 1. The maximum Gasteiger partial charge on any atom is 0.190 e. The highest BCUT2D eigenvalue weighted by Gasteiger charge is 1.99. The lowest BCUT2D eigenvalue weighted by molar-refractivity contribution is 0.603. The Balaban J connectivity index is 2.45. The number of hydrogen-bond donors (Lipinski definition) is 1. The van der Waals surface area contributed by atoms with E-state index in [1.165, 1.54) is 0 Å². The second-order valence-electron chi connectivity index (χ2n) is 2.57. The summed E-state index contributed by atoms with van der Waals surface area (Å²) in [6, 6.07) is 13.5. The van der Waals surface area contributed by atoms with Crippen LogP contribution in [-0.4, -0.2) is 0 Å². The lowest BCUT2D eigenvalue weighted by Gasteiger charge is -1.93. The lowest BCUT2D eigenvalue weighted by atomic mass is 10.2. The van der Waals surface area contributed by atoms with Gasteiger partial charge in [0.05, 0.1) is 0 Å². The molecule has 2 heteroatoms. The fourth-order valence-electron chi connectivity index (χ4n) is 1.11. The minimum Gasteiger partial charge on any atom is -0.441 e. The van der Waals surface area contributed by atoms with E-state index >= 15 is 0 Å². The van der Waals surface area contributed by atoms with Crippen LogP contribution in [0.1, 0.15) is 0 Å². The summed E-state index contributed by atoms with van der Waals surface area (Å²) in [4.78, 5) is 0. The molecule has 0 aliphatic carbocycles. The van der Waals surface area contributed by atoms with Gasteiger partial charge in [-0.15, -0.1) is 0 Å². The number of nitrogen functional groups attached to an aromatic ring is 1. The van der Waals surface area contributed by atoms with Crippen LogP contribution in [0.2, 0.25) is 0 Å². The summed E-state index contributed by atoms with van der Waals surface area (Å²) >= 11 is 0. The Labute approximate surface area is 70.6 Å². The third-order valence-electron chi connectivity index (χ3n) is 1.69. The van der Waals surface area contributed by atoms with E-state index in [1.54, 1.807) is 6.07 Å². The molecule has 1 aromatic heterocycles. The van der Waals surface area contributed by atoms with E-state index in [2.05, 4.69) is 0 Å². The van der Waals surface area contributed by atoms with Crippen molar-refractivity contribution in [3.8, 4) is 11.3 Å². The van der Waals surface area contributed by atoms with E-state index in [4.69, 9.17) is 10.2 Å². The Bertz CT molecular complexity index is 364. The molecule has 2 aromatic rings. The van der Waals surface area contributed by atoms with Crippen molar-refractivity contribution in [3.63, 3.8) is 0 Å². The molecule has 0 aliphatic rings. The van der Waals surface area contributed by atoms with Crippen LogP contribution in [0.25, 0.3) is 11.3 Å². The minimum absolute atomic E-state index is 0.453. The SMILES string of the molecule is Nc1ccc(-c2ccccc2)o1. The third kappa shape index (κ3) is 1.19.